The van der Waals surface area contributed by atoms with Crippen LogP contribution >= 0.6 is 23.4 Å². The number of aromatic hydroxyl groups is 1. The maximum absolute atomic E-state index is 12.3. The summed E-state index contributed by atoms with van der Waals surface area (Å²) in [5.74, 6) is -0.520. The first kappa shape index (κ1) is 18.4. The molecule has 2 N–H and O–H groups in total. The second-order valence-electron chi connectivity index (χ2n) is 6.14. The van der Waals surface area contributed by atoms with Gasteiger partial charge < -0.3 is 10.4 Å². The number of rotatable bonds is 4. The largest absolute Gasteiger partial charge is 0.493 e. The van der Waals surface area contributed by atoms with Crippen LogP contribution in [0.25, 0.3) is 5.69 Å². The number of thioether (sulfide) groups is 1. The van der Waals surface area contributed by atoms with Crippen LogP contribution in [-0.4, -0.2) is 31.9 Å². The monoisotopic (exact) mass is 367 g/mol. The van der Waals surface area contributed by atoms with Crippen molar-refractivity contribution in [3.63, 3.8) is 0 Å². The Hall–Kier alpha value is -1.99. The lowest BCUT2D eigenvalue weighted by Gasteiger charge is -2.20. The highest BCUT2D eigenvalue weighted by atomic mass is 35.5. The van der Waals surface area contributed by atoms with Crippen LogP contribution in [0.2, 0.25) is 5.02 Å². The molecule has 128 valence electrons. The Morgan fingerprint density at radius 1 is 1.38 bits per heavy atom. The predicted octanol–water partition coefficient (Wildman–Crippen LogP) is 2.60. The zero-order valence-corrected chi connectivity index (χ0v) is 15.1. The van der Waals surface area contributed by atoms with Crippen LogP contribution in [0.15, 0.2) is 40.3 Å². The molecule has 6 nitrogen and oxygen atoms in total. The van der Waals surface area contributed by atoms with Crippen LogP contribution < -0.4 is 10.9 Å². The summed E-state index contributed by atoms with van der Waals surface area (Å²) in [7, 11) is 0. The third-order valence-electron chi connectivity index (χ3n) is 2.79. The highest BCUT2D eigenvalue weighted by molar-refractivity contribution is 7.99. The standard InChI is InChI=1S/C16H18ClN3O3S/c1-16(2,3)19-13(22)9-24-15-18-12(21)8-14(23)20(15)11-6-4-5-10(17)7-11/h4-8,21H,9H2,1-3H3,(H,19,22). The molecule has 1 aromatic carbocycles. The number of amides is 1. The van der Waals surface area contributed by atoms with Gasteiger partial charge in [0.15, 0.2) is 5.16 Å². The maximum Gasteiger partial charge on any atom is 0.262 e. The van der Waals surface area contributed by atoms with Crippen LogP contribution in [0.3, 0.4) is 0 Å². The van der Waals surface area contributed by atoms with Gasteiger partial charge >= 0.3 is 0 Å². The molecule has 24 heavy (non-hydrogen) atoms. The van der Waals surface area contributed by atoms with E-state index in [0.717, 1.165) is 17.8 Å². The Morgan fingerprint density at radius 3 is 2.71 bits per heavy atom. The fraction of sp³-hybridized carbons (Fsp3) is 0.312. The van der Waals surface area contributed by atoms with E-state index < -0.39 is 11.4 Å². The molecule has 0 radical (unpaired) electrons. The van der Waals surface area contributed by atoms with Crippen molar-refractivity contribution in [1.29, 1.82) is 0 Å². The summed E-state index contributed by atoms with van der Waals surface area (Å²) in [5.41, 5.74) is -0.293. The number of carbonyl (C=O) groups excluding carboxylic acids is 1. The average Bonchev–Trinajstić information content (AvgIpc) is 2.42. The minimum Gasteiger partial charge on any atom is -0.493 e. The molecule has 1 amide bonds. The summed E-state index contributed by atoms with van der Waals surface area (Å²) in [6.45, 7) is 5.64. The van der Waals surface area contributed by atoms with Gasteiger partial charge in [0.25, 0.3) is 5.56 Å². The summed E-state index contributed by atoms with van der Waals surface area (Å²) in [4.78, 5) is 28.2. The molecule has 0 bridgehead atoms. The molecule has 0 unspecified atom stereocenters. The lowest BCUT2D eigenvalue weighted by molar-refractivity contribution is -0.119. The smallest absolute Gasteiger partial charge is 0.262 e. The van der Waals surface area contributed by atoms with E-state index in [1.54, 1.807) is 24.3 Å². The van der Waals surface area contributed by atoms with Gasteiger partial charge in [-0.25, -0.2) is 0 Å². The Morgan fingerprint density at radius 2 is 2.08 bits per heavy atom. The molecular weight excluding hydrogens is 350 g/mol. The van der Waals surface area contributed by atoms with Crippen molar-refractivity contribution < 1.29 is 9.90 Å². The number of nitrogens with zero attached hydrogens (tertiary/aromatic N) is 2. The maximum atomic E-state index is 12.3. The summed E-state index contributed by atoms with van der Waals surface area (Å²) >= 11 is 7.04. The lowest BCUT2D eigenvalue weighted by atomic mass is 10.1. The Labute approximate surface area is 148 Å². The molecule has 0 aliphatic rings. The quantitative estimate of drug-likeness (QED) is 0.641. The predicted molar refractivity (Wildman–Crippen MR) is 95.1 cm³/mol. The lowest BCUT2D eigenvalue weighted by Crippen LogP contribution is -2.41. The number of halogens is 1. The van der Waals surface area contributed by atoms with Gasteiger partial charge in [0.05, 0.1) is 17.5 Å². The van der Waals surface area contributed by atoms with Crippen LogP contribution in [0.4, 0.5) is 0 Å². The number of aromatic nitrogens is 2. The number of carbonyl (C=O) groups is 1. The number of hydrogen-bond acceptors (Lipinski definition) is 5. The first-order valence-corrected chi connectivity index (χ1v) is 8.55. The van der Waals surface area contributed by atoms with E-state index in [9.17, 15) is 14.7 Å². The van der Waals surface area contributed by atoms with E-state index in [-0.39, 0.29) is 22.4 Å². The van der Waals surface area contributed by atoms with Gasteiger partial charge in [-0.05, 0) is 39.0 Å². The van der Waals surface area contributed by atoms with Crippen molar-refractivity contribution in [2.45, 2.75) is 31.5 Å². The van der Waals surface area contributed by atoms with Crippen molar-refractivity contribution in [3.05, 3.63) is 45.7 Å². The van der Waals surface area contributed by atoms with Gasteiger partial charge in [0.2, 0.25) is 11.8 Å². The Bertz CT molecular complexity index is 815. The minimum absolute atomic E-state index is 0.0632. The fourth-order valence-corrected chi connectivity index (χ4v) is 2.98. The number of benzene rings is 1. The molecule has 0 aliphatic heterocycles. The molecule has 2 aromatic rings. The van der Waals surface area contributed by atoms with E-state index in [1.165, 1.54) is 4.57 Å². The van der Waals surface area contributed by atoms with E-state index >= 15 is 0 Å². The molecule has 0 fully saturated rings. The van der Waals surface area contributed by atoms with Gasteiger partial charge in [-0.1, -0.05) is 29.4 Å². The third-order valence-corrected chi connectivity index (χ3v) is 3.96. The highest BCUT2D eigenvalue weighted by Gasteiger charge is 2.16. The van der Waals surface area contributed by atoms with Crippen LogP contribution in [-0.2, 0) is 4.79 Å². The van der Waals surface area contributed by atoms with Gasteiger partial charge in [-0.2, -0.15) is 4.98 Å². The molecule has 0 atom stereocenters. The van der Waals surface area contributed by atoms with Gasteiger partial charge in [0.1, 0.15) is 0 Å². The molecule has 0 saturated heterocycles. The molecule has 1 heterocycles. The van der Waals surface area contributed by atoms with Gasteiger partial charge in [0, 0.05) is 10.6 Å². The Kier molecular flexibility index (Phi) is 5.56. The third kappa shape index (κ3) is 5.01. The van der Waals surface area contributed by atoms with E-state index in [1.807, 2.05) is 20.8 Å². The van der Waals surface area contributed by atoms with Crippen LogP contribution in [0.5, 0.6) is 5.88 Å². The molecular formula is C16H18ClN3O3S. The summed E-state index contributed by atoms with van der Waals surface area (Å²) in [6, 6.07) is 7.72. The van der Waals surface area contributed by atoms with Crippen molar-refractivity contribution in [2.75, 3.05) is 5.75 Å². The first-order chi connectivity index (χ1) is 11.2. The zero-order valence-electron chi connectivity index (χ0n) is 13.5. The summed E-state index contributed by atoms with van der Waals surface area (Å²) in [6.07, 6.45) is 0. The number of nitrogens with one attached hydrogen (secondary N) is 1. The first-order valence-electron chi connectivity index (χ1n) is 7.18. The normalized spacial score (nSPS) is 11.3. The minimum atomic E-state index is -0.455. The second kappa shape index (κ2) is 7.27. The van der Waals surface area contributed by atoms with Crippen molar-refractivity contribution >= 4 is 29.3 Å². The van der Waals surface area contributed by atoms with E-state index in [2.05, 4.69) is 10.3 Å². The SMILES string of the molecule is CC(C)(C)NC(=O)CSc1nc(O)cc(=O)n1-c1cccc(Cl)c1. The second-order valence-corrected chi connectivity index (χ2v) is 7.52. The number of hydrogen-bond donors (Lipinski definition) is 2. The topological polar surface area (TPSA) is 84.2 Å². The molecule has 0 aliphatic carbocycles. The molecule has 2 rings (SSSR count). The van der Waals surface area contributed by atoms with E-state index in [0.29, 0.717) is 10.7 Å². The fourth-order valence-electron chi connectivity index (χ4n) is 1.98. The summed E-state index contributed by atoms with van der Waals surface area (Å²) < 4.78 is 1.31. The average molecular weight is 368 g/mol. The molecule has 1 aromatic heterocycles. The highest BCUT2D eigenvalue weighted by Crippen LogP contribution is 2.22. The Balaban J connectivity index is 2.33. The van der Waals surface area contributed by atoms with Crippen molar-refractivity contribution in [1.82, 2.24) is 14.9 Å². The van der Waals surface area contributed by atoms with Gasteiger partial charge in [-0.15, -0.1) is 0 Å². The molecule has 8 heteroatoms. The van der Waals surface area contributed by atoms with Gasteiger partial charge in [-0.3, -0.25) is 14.2 Å². The molecule has 0 saturated carbocycles. The van der Waals surface area contributed by atoms with Crippen LogP contribution in [0, 0.1) is 0 Å². The van der Waals surface area contributed by atoms with E-state index in [4.69, 9.17) is 11.6 Å². The summed E-state index contributed by atoms with van der Waals surface area (Å²) in [5, 5.41) is 13.1. The van der Waals surface area contributed by atoms with Crippen molar-refractivity contribution in [3.8, 4) is 11.6 Å². The van der Waals surface area contributed by atoms with Crippen molar-refractivity contribution in [2.24, 2.45) is 0 Å². The van der Waals surface area contributed by atoms with Crippen LogP contribution in [0.1, 0.15) is 20.8 Å². The molecule has 0 spiro atoms. The zero-order chi connectivity index (χ0) is 17.9.